The number of nitrogens with two attached hydrogens (primary N) is 1. The molecule has 6 nitrogen and oxygen atoms in total. The van der Waals surface area contributed by atoms with Crippen LogP contribution in [0, 0.1) is 21.8 Å². The summed E-state index contributed by atoms with van der Waals surface area (Å²) in [6, 6.07) is 3.08. The first kappa shape index (κ1) is 15.5. The first-order valence-corrected chi connectivity index (χ1v) is 7.40. The molecular formula is C11H15FN2O4S. The highest BCUT2D eigenvalue weighted by molar-refractivity contribution is 7.90. The van der Waals surface area contributed by atoms with Gasteiger partial charge < -0.3 is 5.73 Å². The number of benzene rings is 1. The van der Waals surface area contributed by atoms with Crippen LogP contribution in [0.2, 0.25) is 0 Å². The lowest BCUT2D eigenvalue weighted by atomic mass is 10.2. The molecular weight excluding hydrogens is 275 g/mol. The molecule has 0 saturated heterocycles. The van der Waals surface area contributed by atoms with E-state index in [1.165, 1.54) is 6.07 Å². The fourth-order valence-electron chi connectivity index (χ4n) is 1.60. The molecule has 0 radical (unpaired) electrons. The highest BCUT2D eigenvalue weighted by Crippen LogP contribution is 2.19. The van der Waals surface area contributed by atoms with Crippen LogP contribution in [-0.4, -0.2) is 25.6 Å². The number of hydrogen-bond acceptors (Lipinski definition) is 5. The molecule has 8 heteroatoms. The zero-order valence-corrected chi connectivity index (χ0v) is 11.2. The first-order chi connectivity index (χ1) is 8.75. The average molecular weight is 290 g/mol. The maximum atomic E-state index is 13.3. The molecule has 0 aromatic heterocycles. The number of hydrogen-bond donors (Lipinski definition) is 1. The van der Waals surface area contributed by atoms with Gasteiger partial charge in [-0.2, -0.15) is 4.39 Å². The Kier molecular flexibility index (Phi) is 4.96. The number of rotatable bonds is 6. The summed E-state index contributed by atoms with van der Waals surface area (Å²) in [5, 5.41) is 10.4. The molecule has 0 aliphatic rings. The predicted octanol–water partition coefficient (Wildman–Crippen LogP) is 1.24. The summed E-state index contributed by atoms with van der Waals surface area (Å²) in [7, 11) is -3.41. The number of nitro groups is 1. The molecule has 0 fully saturated rings. The first-order valence-electron chi connectivity index (χ1n) is 5.58. The van der Waals surface area contributed by atoms with Crippen molar-refractivity contribution in [1.82, 2.24) is 0 Å². The van der Waals surface area contributed by atoms with Crippen LogP contribution in [0.25, 0.3) is 0 Å². The van der Waals surface area contributed by atoms with Gasteiger partial charge in [-0.3, -0.25) is 10.1 Å². The van der Waals surface area contributed by atoms with Crippen molar-refractivity contribution < 1.29 is 17.7 Å². The van der Waals surface area contributed by atoms with Crippen molar-refractivity contribution in [2.75, 3.05) is 12.3 Å². The van der Waals surface area contributed by atoms with Crippen molar-refractivity contribution >= 4 is 15.5 Å². The number of nitrogens with zero attached hydrogens (tertiary/aromatic N) is 1. The highest BCUT2D eigenvalue weighted by atomic mass is 32.2. The standard InChI is InChI=1S/C11H15FN2O4S/c1-8(5-13)6-19(17,18)7-9-2-3-11(14(15)16)10(12)4-9/h2-4,8H,5-7,13H2,1H3. The van der Waals surface area contributed by atoms with Crippen molar-refractivity contribution in [3.8, 4) is 0 Å². The summed E-state index contributed by atoms with van der Waals surface area (Å²) in [5.74, 6) is -1.67. The summed E-state index contributed by atoms with van der Waals surface area (Å²) in [4.78, 5) is 9.58. The van der Waals surface area contributed by atoms with Crippen LogP contribution in [0.3, 0.4) is 0 Å². The molecule has 0 amide bonds. The van der Waals surface area contributed by atoms with Crippen LogP contribution >= 0.6 is 0 Å². The fraction of sp³-hybridized carbons (Fsp3) is 0.455. The van der Waals surface area contributed by atoms with Gasteiger partial charge in [0.25, 0.3) is 0 Å². The zero-order chi connectivity index (χ0) is 14.6. The van der Waals surface area contributed by atoms with Gasteiger partial charge in [0.05, 0.1) is 16.4 Å². The SMILES string of the molecule is CC(CN)CS(=O)(=O)Cc1ccc([N+](=O)[O-])c(F)c1. The largest absolute Gasteiger partial charge is 0.330 e. The third-order valence-electron chi connectivity index (χ3n) is 2.54. The molecule has 0 heterocycles. The summed E-state index contributed by atoms with van der Waals surface area (Å²) in [6.45, 7) is 1.95. The molecule has 0 bridgehead atoms. The van der Waals surface area contributed by atoms with Crippen LogP contribution in [0.1, 0.15) is 12.5 Å². The van der Waals surface area contributed by atoms with E-state index in [9.17, 15) is 22.9 Å². The zero-order valence-electron chi connectivity index (χ0n) is 10.4. The lowest BCUT2D eigenvalue weighted by Crippen LogP contribution is -2.22. The third kappa shape index (κ3) is 4.56. The monoisotopic (exact) mass is 290 g/mol. The quantitative estimate of drug-likeness (QED) is 0.627. The minimum absolute atomic E-state index is 0.0951. The summed E-state index contributed by atoms with van der Waals surface area (Å²) in [6.07, 6.45) is 0. The maximum Gasteiger partial charge on any atom is 0.304 e. The summed E-state index contributed by atoms with van der Waals surface area (Å²) in [5.41, 5.74) is 4.87. The molecule has 1 atom stereocenters. The minimum Gasteiger partial charge on any atom is -0.330 e. The van der Waals surface area contributed by atoms with Crippen LogP contribution in [0.5, 0.6) is 0 Å². The topological polar surface area (TPSA) is 103 Å². The maximum absolute atomic E-state index is 13.3. The van der Waals surface area contributed by atoms with E-state index in [2.05, 4.69) is 0 Å². The van der Waals surface area contributed by atoms with Crippen LogP contribution in [0.4, 0.5) is 10.1 Å². The van der Waals surface area contributed by atoms with Gasteiger partial charge >= 0.3 is 5.69 Å². The Morgan fingerprint density at radius 2 is 2.11 bits per heavy atom. The number of sulfone groups is 1. The molecule has 106 valence electrons. The molecule has 1 unspecified atom stereocenters. The second-order valence-corrected chi connectivity index (χ2v) is 6.55. The third-order valence-corrected chi connectivity index (χ3v) is 4.39. The van der Waals surface area contributed by atoms with Crippen LogP contribution in [-0.2, 0) is 15.6 Å². The van der Waals surface area contributed by atoms with E-state index in [0.29, 0.717) is 0 Å². The van der Waals surface area contributed by atoms with Crippen molar-refractivity contribution in [2.45, 2.75) is 12.7 Å². The van der Waals surface area contributed by atoms with Crippen molar-refractivity contribution in [3.63, 3.8) is 0 Å². The van der Waals surface area contributed by atoms with E-state index in [0.717, 1.165) is 12.1 Å². The fourth-order valence-corrected chi connectivity index (χ4v) is 3.41. The predicted molar refractivity (Wildman–Crippen MR) is 68.8 cm³/mol. The molecule has 1 rings (SSSR count). The van der Waals surface area contributed by atoms with Gasteiger partial charge in [0.2, 0.25) is 5.82 Å². The molecule has 19 heavy (non-hydrogen) atoms. The van der Waals surface area contributed by atoms with Gasteiger partial charge in [0, 0.05) is 6.07 Å². The lowest BCUT2D eigenvalue weighted by Gasteiger charge is -2.09. The van der Waals surface area contributed by atoms with Crippen molar-refractivity contribution in [1.29, 1.82) is 0 Å². The van der Waals surface area contributed by atoms with Gasteiger partial charge in [-0.05, 0) is 24.1 Å². The lowest BCUT2D eigenvalue weighted by molar-refractivity contribution is -0.387. The highest BCUT2D eigenvalue weighted by Gasteiger charge is 2.19. The van der Waals surface area contributed by atoms with E-state index >= 15 is 0 Å². The number of halogens is 1. The van der Waals surface area contributed by atoms with Gasteiger partial charge in [-0.15, -0.1) is 0 Å². The molecule has 0 spiro atoms. The Morgan fingerprint density at radius 1 is 1.47 bits per heavy atom. The van der Waals surface area contributed by atoms with E-state index in [4.69, 9.17) is 5.73 Å². The number of nitro benzene ring substituents is 1. The summed E-state index contributed by atoms with van der Waals surface area (Å²) >= 11 is 0. The molecule has 2 N–H and O–H groups in total. The van der Waals surface area contributed by atoms with E-state index in [-0.39, 0.29) is 29.5 Å². The van der Waals surface area contributed by atoms with E-state index < -0.39 is 26.3 Å². The van der Waals surface area contributed by atoms with E-state index in [1.807, 2.05) is 0 Å². The summed E-state index contributed by atoms with van der Waals surface area (Å²) < 4.78 is 36.9. The second-order valence-electron chi connectivity index (χ2n) is 4.44. The van der Waals surface area contributed by atoms with Gasteiger partial charge in [0.1, 0.15) is 0 Å². The average Bonchev–Trinajstić information content (AvgIpc) is 2.26. The molecule has 1 aromatic rings. The molecule has 0 aliphatic heterocycles. The van der Waals surface area contributed by atoms with E-state index in [1.54, 1.807) is 6.92 Å². The smallest absolute Gasteiger partial charge is 0.304 e. The second kappa shape index (κ2) is 6.07. The molecule has 0 saturated carbocycles. The van der Waals surface area contributed by atoms with Crippen molar-refractivity contribution in [2.24, 2.45) is 11.7 Å². The Balaban J connectivity index is 2.89. The molecule has 0 aliphatic carbocycles. The Labute approximate surface area is 110 Å². The molecule has 1 aromatic carbocycles. The normalized spacial score (nSPS) is 13.2. The van der Waals surface area contributed by atoms with Crippen LogP contribution in [0.15, 0.2) is 18.2 Å². The Bertz CT molecular complexity index is 574. The Hall–Kier alpha value is -1.54. The van der Waals surface area contributed by atoms with Crippen LogP contribution < -0.4 is 5.73 Å². The van der Waals surface area contributed by atoms with Gasteiger partial charge in [-0.25, -0.2) is 8.42 Å². The van der Waals surface area contributed by atoms with Gasteiger partial charge in [0.15, 0.2) is 9.84 Å². The Morgan fingerprint density at radius 3 is 2.58 bits per heavy atom. The minimum atomic E-state index is -3.41. The van der Waals surface area contributed by atoms with Crippen molar-refractivity contribution in [3.05, 3.63) is 39.7 Å². The van der Waals surface area contributed by atoms with Gasteiger partial charge in [-0.1, -0.05) is 13.0 Å².